The average Bonchev–Trinajstić information content (AvgIpc) is 3.31. The summed E-state index contributed by atoms with van der Waals surface area (Å²) in [4.78, 5) is 27.5. The summed E-state index contributed by atoms with van der Waals surface area (Å²) in [6, 6.07) is 15.8. The van der Waals surface area contributed by atoms with Gasteiger partial charge in [-0.05, 0) is 56.9 Å². The second kappa shape index (κ2) is 8.75. The van der Waals surface area contributed by atoms with E-state index in [0.29, 0.717) is 18.7 Å². The van der Waals surface area contributed by atoms with Crippen LogP contribution in [0, 0.1) is 0 Å². The maximum atomic E-state index is 13.0. The topological polar surface area (TPSA) is 69.0 Å². The molecule has 1 atom stereocenters. The normalized spacial score (nSPS) is 15.4. The summed E-state index contributed by atoms with van der Waals surface area (Å²) in [6.45, 7) is 0.423. The van der Waals surface area contributed by atoms with Crippen molar-refractivity contribution in [3.63, 3.8) is 0 Å². The summed E-state index contributed by atoms with van der Waals surface area (Å²) in [5.41, 5.74) is 2.87. The van der Waals surface area contributed by atoms with Crippen molar-refractivity contribution in [1.82, 2.24) is 4.90 Å². The molecule has 6 nitrogen and oxygen atoms in total. The highest BCUT2D eigenvalue weighted by Gasteiger charge is 2.37. The van der Waals surface area contributed by atoms with Gasteiger partial charge in [0.25, 0.3) is 5.91 Å². The van der Waals surface area contributed by atoms with Crippen molar-refractivity contribution in [3.05, 3.63) is 87.8 Å². The Morgan fingerprint density at radius 2 is 1.93 bits per heavy atom. The number of nitrogens with zero attached hydrogens (tertiary/aromatic N) is 1. The first-order valence-electron chi connectivity index (χ1n) is 9.47. The number of amides is 1. The van der Waals surface area contributed by atoms with Gasteiger partial charge >= 0.3 is 5.97 Å². The zero-order chi connectivity index (χ0) is 21.1. The zero-order valence-electron chi connectivity index (χ0n) is 16.3. The molecule has 0 unspecified atom stereocenters. The maximum Gasteiger partial charge on any atom is 0.329 e. The smallest absolute Gasteiger partial charge is 0.329 e. The number of hydrogen-bond acceptors (Lipinski definition) is 5. The first-order valence-corrected chi connectivity index (χ1v) is 10.3. The molecule has 0 fully saturated rings. The Bertz CT molecular complexity index is 1060. The summed E-state index contributed by atoms with van der Waals surface area (Å²) >= 11 is 3.43. The van der Waals surface area contributed by atoms with E-state index >= 15 is 0 Å². The summed E-state index contributed by atoms with van der Waals surface area (Å²) in [7, 11) is 1.59. The Kier molecular flexibility index (Phi) is 5.90. The SMILES string of the molecule is COc1ccc(COC(=O)[C@@H]2Cc3ccccc3CN2C(=O)c2ccco2)cc1Br. The molecule has 2 aromatic carbocycles. The van der Waals surface area contributed by atoms with Crippen LogP contribution in [-0.4, -0.2) is 29.9 Å². The number of methoxy groups -OCH3 is 1. The first kappa shape index (κ1) is 20.2. The van der Waals surface area contributed by atoms with E-state index in [-0.39, 0.29) is 18.3 Å². The van der Waals surface area contributed by atoms with Crippen LogP contribution in [0.3, 0.4) is 0 Å². The third-order valence-corrected chi connectivity index (χ3v) is 5.73. The number of benzene rings is 2. The molecule has 1 amide bonds. The Hall–Kier alpha value is -3.06. The molecule has 7 heteroatoms. The number of halogens is 1. The molecule has 2 heterocycles. The van der Waals surface area contributed by atoms with Crippen LogP contribution in [0.15, 0.2) is 69.8 Å². The maximum absolute atomic E-state index is 13.0. The van der Waals surface area contributed by atoms with Crippen LogP contribution in [0.25, 0.3) is 0 Å². The van der Waals surface area contributed by atoms with Gasteiger partial charge in [0.15, 0.2) is 5.76 Å². The molecule has 0 saturated heterocycles. The lowest BCUT2D eigenvalue weighted by molar-refractivity contribution is -0.151. The van der Waals surface area contributed by atoms with E-state index in [0.717, 1.165) is 21.2 Å². The van der Waals surface area contributed by atoms with Crippen molar-refractivity contribution in [3.8, 4) is 5.75 Å². The monoisotopic (exact) mass is 469 g/mol. The zero-order valence-corrected chi connectivity index (χ0v) is 17.9. The van der Waals surface area contributed by atoms with Crippen LogP contribution >= 0.6 is 15.9 Å². The first-order chi connectivity index (χ1) is 14.6. The molecule has 3 aromatic rings. The molecule has 0 N–H and O–H groups in total. The lowest BCUT2D eigenvalue weighted by Crippen LogP contribution is -2.49. The largest absolute Gasteiger partial charge is 0.496 e. The second-order valence-electron chi connectivity index (χ2n) is 6.98. The predicted molar refractivity (Wildman–Crippen MR) is 113 cm³/mol. The third-order valence-electron chi connectivity index (χ3n) is 5.11. The Labute approximate surface area is 182 Å². The van der Waals surface area contributed by atoms with Crippen LogP contribution in [0.1, 0.15) is 27.2 Å². The van der Waals surface area contributed by atoms with Gasteiger partial charge in [-0.1, -0.05) is 30.3 Å². The molecule has 154 valence electrons. The number of carbonyl (C=O) groups is 2. The fourth-order valence-corrected chi connectivity index (χ4v) is 4.13. The van der Waals surface area contributed by atoms with Gasteiger partial charge in [-0.3, -0.25) is 4.79 Å². The predicted octanol–water partition coefficient (Wildman–Crippen LogP) is 4.36. The Morgan fingerprint density at radius 3 is 2.63 bits per heavy atom. The average molecular weight is 470 g/mol. The molecule has 4 rings (SSSR count). The number of ether oxygens (including phenoxy) is 2. The van der Waals surface area contributed by atoms with E-state index in [1.165, 1.54) is 11.2 Å². The number of rotatable bonds is 5. The van der Waals surface area contributed by atoms with Gasteiger partial charge in [-0.15, -0.1) is 0 Å². The number of esters is 1. The summed E-state index contributed by atoms with van der Waals surface area (Å²) in [6.07, 6.45) is 1.84. The van der Waals surface area contributed by atoms with Crippen molar-refractivity contribution in [2.75, 3.05) is 7.11 Å². The van der Waals surface area contributed by atoms with Gasteiger partial charge < -0.3 is 18.8 Å². The molecule has 1 aromatic heterocycles. The molecular formula is C23H20BrNO5. The van der Waals surface area contributed by atoms with Crippen LogP contribution < -0.4 is 4.74 Å². The second-order valence-corrected chi connectivity index (χ2v) is 7.83. The molecule has 1 aliphatic heterocycles. The highest BCUT2D eigenvalue weighted by molar-refractivity contribution is 9.10. The Balaban J connectivity index is 1.53. The molecule has 0 aliphatic carbocycles. The van der Waals surface area contributed by atoms with E-state index in [1.54, 1.807) is 25.3 Å². The lowest BCUT2D eigenvalue weighted by atomic mass is 9.93. The van der Waals surface area contributed by atoms with Crippen molar-refractivity contribution < 1.29 is 23.5 Å². The van der Waals surface area contributed by atoms with Crippen molar-refractivity contribution in [2.24, 2.45) is 0 Å². The molecular weight excluding hydrogens is 450 g/mol. The minimum Gasteiger partial charge on any atom is -0.496 e. The van der Waals surface area contributed by atoms with Gasteiger partial charge in [0.05, 0.1) is 17.8 Å². The fraction of sp³-hybridized carbons (Fsp3) is 0.217. The van der Waals surface area contributed by atoms with Crippen molar-refractivity contribution >= 4 is 27.8 Å². The molecule has 0 saturated carbocycles. The molecule has 0 bridgehead atoms. The highest BCUT2D eigenvalue weighted by Crippen LogP contribution is 2.28. The van der Waals surface area contributed by atoms with E-state index in [2.05, 4.69) is 15.9 Å². The fourth-order valence-electron chi connectivity index (χ4n) is 3.54. The quantitative estimate of drug-likeness (QED) is 0.519. The van der Waals surface area contributed by atoms with Gasteiger partial charge in [0, 0.05) is 13.0 Å². The summed E-state index contributed by atoms with van der Waals surface area (Å²) in [5.74, 6) is 0.121. The molecule has 0 spiro atoms. The van der Waals surface area contributed by atoms with Crippen LogP contribution in [0.4, 0.5) is 0 Å². The van der Waals surface area contributed by atoms with Crippen LogP contribution in [0.2, 0.25) is 0 Å². The van der Waals surface area contributed by atoms with Gasteiger partial charge in [0.1, 0.15) is 18.4 Å². The molecule has 30 heavy (non-hydrogen) atoms. The van der Waals surface area contributed by atoms with E-state index < -0.39 is 12.0 Å². The summed E-state index contributed by atoms with van der Waals surface area (Å²) in [5, 5.41) is 0. The minimum absolute atomic E-state index is 0.0996. The minimum atomic E-state index is -0.723. The molecule has 0 radical (unpaired) electrons. The van der Waals surface area contributed by atoms with E-state index in [9.17, 15) is 9.59 Å². The highest BCUT2D eigenvalue weighted by atomic mass is 79.9. The Morgan fingerprint density at radius 1 is 1.13 bits per heavy atom. The van der Waals surface area contributed by atoms with Crippen LogP contribution in [0.5, 0.6) is 5.75 Å². The standard InChI is InChI=1S/C23H20BrNO5/c1-28-20-9-8-15(11-18(20)24)14-30-23(27)19-12-16-5-2-3-6-17(16)13-25(19)22(26)21-7-4-10-29-21/h2-11,19H,12-14H2,1H3/t19-/m0/s1. The summed E-state index contributed by atoms with van der Waals surface area (Å²) < 4.78 is 16.9. The van der Waals surface area contributed by atoms with Crippen molar-refractivity contribution in [1.29, 1.82) is 0 Å². The lowest BCUT2D eigenvalue weighted by Gasteiger charge is -2.34. The van der Waals surface area contributed by atoms with Gasteiger partial charge in [0.2, 0.25) is 0 Å². The van der Waals surface area contributed by atoms with Gasteiger partial charge in [-0.25, -0.2) is 4.79 Å². The van der Waals surface area contributed by atoms with E-state index in [1.807, 2.05) is 36.4 Å². The number of fused-ring (bicyclic) bond motifs is 1. The van der Waals surface area contributed by atoms with E-state index in [4.69, 9.17) is 13.9 Å². The van der Waals surface area contributed by atoms with Gasteiger partial charge in [-0.2, -0.15) is 0 Å². The number of furan rings is 1. The molecule has 1 aliphatic rings. The van der Waals surface area contributed by atoms with Crippen LogP contribution in [-0.2, 0) is 29.1 Å². The van der Waals surface area contributed by atoms with Crippen molar-refractivity contribution in [2.45, 2.75) is 25.6 Å². The number of hydrogen-bond donors (Lipinski definition) is 0. The number of carbonyl (C=O) groups excluding carboxylic acids is 2. The third kappa shape index (κ3) is 4.11.